The standard InChI is InChI=1S/C11H21N3/c1-4-5-6-7-10(2)12-11-8-9-14(3)13-11/h8-10H,4-7H2,1-3H3,(H,12,13). The van der Waals surface area contributed by atoms with Crippen molar-refractivity contribution in [3.05, 3.63) is 12.3 Å². The molecule has 0 aliphatic heterocycles. The third kappa shape index (κ3) is 3.81. The van der Waals surface area contributed by atoms with E-state index < -0.39 is 0 Å². The Kier molecular flexibility index (Phi) is 4.50. The van der Waals surface area contributed by atoms with Gasteiger partial charge >= 0.3 is 0 Å². The zero-order valence-electron chi connectivity index (χ0n) is 9.45. The first kappa shape index (κ1) is 11.1. The summed E-state index contributed by atoms with van der Waals surface area (Å²) in [5, 5.41) is 7.67. The summed E-state index contributed by atoms with van der Waals surface area (Å²) >= 11 is 0. The predicted molar refractivity (Wildman–Crippen MR) is 60.4 cm³/mol. The number of hydrogen-bond donors (Lipinski definition) is 1. The smallest absolute Gasteiger partial charge is 0.148 e. The van der Waals surface area contributed by atoms with Gasteiger partial charge < -0.3 is 5.32 Å². The van der Waals surface area contributed by atoms with Crippen molar-refractivity contribution < 1.29 is 0 Å². The number of hydrogen-bond acceptors (Lipinski definition) is 2. The number of unbranched alkanes of at least 4 members (excludes halogenated alkanes) is 2. The van der Waals surface area contributed by atoms with Crippen LogP contribution in [0.3, 0.4) is 0 Å². The van der Waals surface area contributed by atoms with Crippen LogP contribution in [0.2, 0.25) is 0 Å². The van der Waals surface area contributed by atoms with Crippen LogP contribution < -0.4 is 5.32 Å². The lowest BCUT2D eigenvalue weighted by molar-refractivity contribution is 0.612. The van der Waals surface area contributed by atoms with E-state index in [9.17, 15) is 0 Å². The maximum Gasteiger partial charge on any atom is 0.148 e. The van der Waals surface area contributed by atoms with Crippen LogP contribution in [0.15, 0.2) is 12.3 Å². The Morgan fingerprint density at radius 3 is 2.86 bits per heavy atom. The fraction of sp³-hybridized carbons (Fsp3) is 0.727. The van der Waals surface area contributed by atoms with E-state index in [1.165, 1.54) is 25.7 Å². The molecule has 0 aliphatic carbocycles. The van der Waals surface area contributed by atoms with Crippen LogP contribution in [0, 0.1) is 0 Å². The molecule has 0 saturated carbocycles. The van der Waals surface area contributed by atoms with Crippen molar-refractivity contribution >= 4 is 5.82 Å². The normalized spacial score (nSPS) is 12.8. The van der Waals surface area contributed by atoms with Gasteiger partial charge in [-0.3, -0.25) is 4.68 Å². The first-order valence-corrected chi connectivity index (χ1v) is 5.48. The molecule has 0 amide bonds. The summed E-state index contributed by atoms with van der Waals surface area (Å²) in [5.74, 6) is 0.983. The molecule has 0 aliphatic rings. The lowest BCUT2D eigenvalue weighted by Crippen LogP contribution is -2.15. The summed E-state index contributed by atoms with van der Waals surface area (Å²) in [5.41, 5.74) is 0. The molecule has 14 heavy (non-hydrogen) atoms. The van der Waals surface area contributed by atoms with Gasteiger partial charge in [0.05, 0.1) is 0 Å². The lowest BCUT2D eigenvalue weighted by Gasteiger charge is -2.12. The number of aromatic nitrogens is 2. The van der Waals surface area contributed by atoms with Gasteiger partial charge in [-0.25, -0.2) is 0 Å². The summed E-state index contributed by atoms with van der Waals surface area (Å²) in [6, 6.07) is 2.53. The van der Waals surface area contributed by atoms with Gasteiger partial charge in [-0.1, -0.05) is 26.2 Å². The minimum absolute atomic E-state index is 0.524. The monoisotopic (exact) mass is 195 g/mol. The molecule has 1 unspecified atom stereocenters. The molecule has 0 saturated heterocycles. The molecule has 3 heteroatoms. The van der Waals surface area contributed by atoms with Crippen LogP contribution >= 0.6 is 0 Å². The molecule has 3 nitrogen and oxygen atoms in total. The number of nitrogens with one attached hydrogen (secondary N) is 1. The molecule has 1 heterocycles. The Hall–Kier alpha value is -0.990. The number of anilines is 1. The Balaban J connectivity index is 2.23. The highest BCUT2D eigenvalue weighted by molar-refractivity contribution is 5.32. The Morgan fingerprint density at radius 1 is 1.50 bits per heavy atom. The molecule has 1 aromatic heterocycles. The summed E-state index contributed by atoms with van der Waals surface area (Å²) in [6.07, 6.45) is 7.10. The molecule has 0 radical (unpaired) electrons. The van der Waals surface area contributed by atoms with Crippen LogP contribution in [-0.4, -0.2) is 15.8 Å². The van der Waals surface area contributed by atoms with Gasteiger partial charge in [-0.2, -0.15) is 5.10 Å². The van der Waals surface area contributed by atoms with Gasteiger partial charge in [0.2, 0.25) is 0 Å². The van der Waals surface area contributed by atoms with E-state index in [-0.39, 0.29) is 0 Å². The van der Waals surface area contributed by atoms with E-state index >= 15 is 0 Å². The van der Waals surface area contributed by atoms with Crippen molar-refractivity contribution in [3.8, 4) is 0 Å². The maximum atomic E-state index is 4.28. The molecule has 0 bridgehead atoms. The average molecular weight is 195 g/mol. The first-order valence-electron chi connectivity index (χ1n) is 5.48. The minimum atomic E-state index is 0.524. The molecule has 1 N–H and O–H groups in total. The van der Waals surface area contributed by atoms with Gasteiger partial charge in [0.15, 0.2) is 0 Å². The van der Waals surface area contributed by atoms with Crippen LogP contribution in [-0.2, 0) is 7.05 Å². The second-order valence-electron chi connectivity index (χ2n) is 3.92. The minimum Gasteiger partial charge on any atom is -0.366 e. The Bertz CT molecular complexity index is 255. The van der Waals surface area contributed by atoms with Crippen LogP contribution in [0.4, 0.5) is 5.82 Å². The topological polar surface area (TPSA) is 29.9 Å². The van der Waals surface area contributed by atoms with Crippen molar-refractivity contribution in [3.63, 3.8) is 0 Å². The zero-order valence-corrected chi connectivity index (χ0v) is 9.45. The molecule has 0 spiro atoms. The third-order valence-corrected chi connectivity index (χ3v) is 2.35. The summed E-state index contributed by atoms with van der Waals surface area (Å²) in [4.78, 5) is 0. The Morgan fingerprint density at radius 2 is 2.29 bits per heavy atom. The third-order valence-electron chi connectivity index (χ3n) is 2.35. The van der Waals surface area contributed by atoms with Gasteiger partial charge in [0.1, 0.15) is 5.82 Å². The second-order valence-corrected chi connectivity index (χ2v) is 3.92. The van der Waals surface area contributed by atoms with Crippen molar-refractivity contribution in [2.75, 3.05) is 5.32 Å². The SMILES string of the molecule is CCCCCC(C)Nc1ccn(C)n1. The van der Waals surface area contributed by atoms with Gasteiger partial charge in [0.25, 0.3) is 0 Å². The van der Waals surface area contributed by atoms with Crippen LogP contribution in [0.5, 0.6) is 0 Å². The van der Waals surface area contributed by atoms with Crippen molar-refractivity contribution in [2.45, 2.75) is 45.6 Å². The molecule has 1 aromatic rings. The number of nitrogens with zero attached hydrogens (tertiary/aromatic N) is 2. The highest BCUT2D eigenvalue weighted by Crippen LogP contribution is 2.09. The summed E-state index contributed by atoms with van der Waals surface area (Å²) in [6.45, 7) is 4.45. The van der Waals surface area contributed by atoms with E-state index in [0.717, 1.165) is 5.82 Å². The van der Waals surface area contributed by atoms with Gasteiger partial charge in [0, 0.05) is 25.4 Å². The molecular formula is C11H21N3. The number of aryl methyl sites for hydroxylation is 1. The van der Waals surface area contributed by atoms with Gasteiger partial charge in [-0.15, -0.1) is 0 Å². The molecule has 80 valence electrons. The van der Waals surface area contributed by atoms with E-state index in [1.807, 2.05) is 24.0 Å². The lowest BCUT2D eigenvalue weighted by atomic mass is 10.1. The quantitative estimate of drug-likeness (QED) is 0.707. The largest absolute Gasteiger partial charge is 0.366 e. The summed E-state index contributed by atoms with van der Waals surface area (Å²) in [7, 11) is 1.94. The van der Waals surface area contributed by atoms with Crippen molar-refractivity contribution in [1.29, 1.82) is 0 Å². The fourth-order valence-electron chi connectivity index (χ4n) is 1.52. The predicted octanol–water partition coefficient (Wildman–Crippen LogP) is 2.80. The van der Waals surface area contributed by atoms with Gasteiger partial charge in [-0.05, 0) is 13.3 Å². The highest BCUT2D eigenvalue weighted by atomic mass is 15.3. The van der Waals surface area contributed by atoms with Crippen molar-refractivity contribution in [2.24, 2.45) is 7.05 Å². The zero-order chi connectivity index (χ0) is 10.4. The summed E-state index contributed by atoms with van der Waals surface area (Å²) < 4.78 is 1.82. The molecule has 1 rings (SSSR count). The molecule has 1 atom stereocenters. The Labute approximate surface area is 86.5 Å². The van der Waals surface area contributed by atoms with Crippen LogP contribution in [0.25, 0.3) is 0 Å². The highest BCUT2D eigenvalue weighted by Gasteiger charge is 2.02. The second kappa shape index (κ2) is 5.68. The number of rotatable bonds is 6. The van der Waals surface area contributed by atoms with Crippen molar-refractivity contribution in [1.82, 2.24) is 9.78 Å². The molecular weight excluding hydrogens is 174 g/mol. The van der Waals surface area contributed by atoms with E-state index in [4.69, 9.17) is 0 Å². The van der Waals surface area contributed by atoms with E-state index in [1.54, 1.807) is 0 Å². The average Bonchev–Trinajstić information content (AvgIpc) is 2.52. The van der Waals surface area contributed by atoms with E-state index in [0.29, 0.717) is 6.04 Å². The molecule has 0 aromatic carbocycles. The van der Waals surface area contributed by atoms with E-state index in [2.05, 4.69) is 24.3 Å². The first-order chi connectivity index (χ1) is 6.72. The molecule has 0 fully saturated rings. The maximum absolute atomic E-state index is 4.28. The van der Waals surface area contributed by atoms with Crippen LogP contribution in [0.1, 0.15) is 39.5 Å². The fourth-order valence-corrected chi connectivity index (χ4v) is 1.52.